The molecule has 6 heteroatoms. The SMILES string of the molecule is O=C(O)c1ccc(NC2CCNCC2)nn1. The topological polar surface area (TPSA) is 87.1 Å². The Morgan fingerprint density at radius 2 is 2.12 bits per heavy atom. The van der Waals surface area contributed by atoms with Crippen molar-refractivity contribution in [1.29, 1.82) is 0 Å². The fourth-order valence-corrected chi connectivity index (χ4v) is 1.70. The number of anilines is 1. The zero-order valence-electron chi connectivity index (χ0n) is 8.81. The predicted molar refractivity (Wildman–Crippen MR) is 58.5 cm³/mol. The zero-order chi connectivity index (χ0) is 11.4. The Kier molecular flexibility index (Phi) is 3.31. The van der Waals surface area contributed by atoms with E-state index < -0.39 is 5.97 Å². The lowest BCUT2D eigenvalue weighted by molar-refractivity contribution is 0.0689. The summed E-state index contributed by atoms with van der Waals surface area (Å²) < 4.78 is 0. The average Bonchev–Trinajstić information content (AvgIpc) is 2.31. The van der Waals surface area contributed by atoms with Gasteiger partial charge in [-0.15, -0.1) is 10.2 Å². The van der Waals surface area contributed by atoms with Crippen LogP contribution >= 0.6 is 0 Å². The third-order valence-corrected chi connectivity index (χ3v) is 2.57. The minimum Gasteiger partial charge on any atom is -0.476 e. The minimum absolute atomic E-state index is 0.0316. The summed E-state index contributed by atoms with van der Waals surface area (Å²) in [5.74, 6) is -0.419. The van der Waals surface area contributed by atoms with Crippen LogP contribution in [0.3, 0.4) is 0 Å². The summed E-state index contributed by atoms with van der Waals surface area (Å²) in [5.41, 5.74) is -0.0316. The van der Waals surface area contributed by atoms with Crippen molar-refractivity contribution in [2.24, 2.45) is 0 Å². The molecule has 3 N–H and O–H groups in total. The molecule has 0 spiro atoms. The van der Waals surface area contributed by atoms with E-state index in [1.54, 1.807) is 6.07 Å². The van der Waals surface area contributed by atoms with Crippen LogP contribution in [0.4, 0.5) is 5.82 Å². The van der Waals surface area contributed by atoms with E-state index in [-0.39, 0.29) is 5.69 Å². The molecule has 2 rings (SSSR count). The molecule has 0 radical (unpaired) electrons. The van der Waals surface area contributed by atoms with Crippen LogP contribution in [-0.2, 0) is 0 Å². The summed E-state index contributed by atoms with van der Waals surface area (Å²) in [6, 6.07) is 3.50. The first-order valence-corrected chi connectivity index (χ1v) is 5.30. The van der Waals surface area contributed by atoms with Crippen molar-refractivity contribution in [2.75, 3.05) is 18.4 Å². The van der Waals surface area contributed by atoms with Crippen molar-refractivity contribution >= 4 is 11.8 Å². The summed E-state index contributed by atoms with van der Waals surface area (Å²) in [5, 5.41) is 22.6. The van der Waals surface area contributed by atoms with Crippen LogP contribution in [0.15, 0.2) is 12.1 Å². The average molecular weight is 222 g/mol. The molecule has 0 saturated carbocycles. The molecule has 16 heavy (non-hydrogen) atoms. The minimum atomic E-state index is -1.05. The van der Waals surface area contributed by atoms with E-state index in [9.17, 15) is 4.79 Å². The van der Waals surface area contributed by atoms with Gasteiger partial charge in [-0.25, -0.2) is 4.79 Å². The predicted octanol–water partition coefficient (Wildman–Crippen LogP) is 0.339. The molecule has 1 aromatic heterocycles. The summed E-state index contributed by atoms with van der Waals surface area (Å²) in [6.45, 7) is 2.00. The van der Waals surface area contributed by atoms with E-state index in [1.807, 2.05) is 0 Å². The third-order valence-electron chi connectivity index (χ3n) is 2.57. The van der Waals surface area contributed by atoms with Crippen molar-refractivity contribution in [3.05, 3.63) is 17.8 Å². The van der Waals surface area contributed by atoms with E-state index in [2.05, 4.69) is 20.8 Å². The van der Waals surface area contributed by atoms with Gasteiger partial charge in [-0.3, -0.25) is 0 Å². The summed E-state index contributed by atoms with van der Waals surface area (Å²) in [6.07, 6.45) is 2.09. The van der Waals surface area contributed by atoms with Gasteiger partial charge in [0, 0.05) is 6.04 Å². The van der Waals surface area contributed by atoms with Gasteiger partial charge >= 0.3 is 5.97 Å². The third kappa shape index (κ3) is 2.66. The molecular weight excluding hydrogens is 208 g/mol. The molecule has 1 saturated heterocycles. The Hall–Kier alpha value is -1.69. The van der Waals surface area contributed by atoms with Crippen LogP contribution in [-0.4, -0.2) is 40.4 Å². The van der Waals surface area contributed by atoms with Gasteiger partial charge < -0.3 is 15.7 Å². The summed E-state index contributed by atoms with van der Waals surface area (Å²) in [7, 11) is 0. The molecule has 86 valence electrons. The van der Waals surface area contributed by atoms with Crippen molar-refractivity contribution < 1.29 is 9.90 Å². The molecule has 0 aromatic carbocycles. The number of hydrogen-bond donors (Lipinski definition) is 3. The van der Waals surface area contributed by atoms with E-state index in [1.165, 1.54) is 6.07 Å². The van der Waals surface area contributed by atoms with Crippen LogP contribution in [0.2, 0.25) is 0 Å². The molecule has 0 amide bonds. The Bertz CT molecular complexity index is 360. The Balaban J connectivity index is 1.96. The van der Waals surface area contributed by atoms with Crippen LogP contribution < -0.4 is 10.6 Å². The Labute approximate surface area is 93.1 Å². The number of nitrogens with zero attached hydrogens (tertiary/aromatic N) is 2. The maximum absolute atomic E-state index is 10.6. The summed E-state index contributed by atoms with van der Waals surface area (Å²) >= 11 is 0. The zero-order valence-corrected chi connectivity index (χ0v) is 8.81. The highest BCUT2D eigenvalue weighted by Gasteiger charge is 2.13. The Morgan fingerprint density at radius 1 is 1.38 bits per heavy atom. The standard InChI is InChI=1S/C10H14N4O2/c15-10(16)8-1-2-9(14-13-8)12-7-3-5-11-6-4-7/h1-2,7,11H,3-6H2,(H,12,14)(H,15,16). The number of carbonyl (C=O) groups is 1. The van der Waals surface area contributed by atoms with Crippen molar-refractivity contribution in [2.45, 2.75) is 18.9 Å². The normalized spacial score (nSPS) is 17.0. The second kappa shape index (κ2) is 4.89. The molecule has 0 atom stereocenters. The van der Waals surface area contributed by atoms with E-state index in [4.69, 9.17) is 5.11 Å². The monoisotopic (exact) mass is 222 g/mol. The number of nitrogens with one attached hydrogen (secondary N) is 2. The second-order valence-electron chi connectivity index (χ2n) is 3.78. The maximum atomic E-state index is 10.6. The quantitative estimate of drug-likeness (QED) is 0.683. The fraction of sp³-hybridized carbons (Fsp3) is 0.500. The van der Waals surface area contributed by atoms with Crippen LogP contribution in [0.1, 0.15) is 23.3 Å². The number of hydrogen-bond acceptors (Lipinski definition) is 5. The van der Waals surface area contributed by atoms with Gasteiger partial charge in [0.2, 0.25) is 0 Å². The molecule has 0 unspecified atom stereocenters. The van der Waals surface area contributed by atoms with Gasteiger partial charge in [0.15, 0.2) is 5.69 Å². The Morgan fingerprint density at radius 3 is 2.69 bits per heavy atom. The van der Waals surface area contributed by atoms with E-state index in [0.717, 1.165) is 25.9 Å². The number of piperidine rings is 1. The first kappa shape index (κ1) is 10.8. The van der Waals surface area contributed by atoms with Crippen LogP contribution in [0, 0.1) is 0 Å². The highest BCUT2D eigenvalue weighted by atomic mass is 16.4. The van der Waals surface area contributed by atoms with Gasteiger partial charge in [0.25, 0.3) is 0 Å². The fourth-order valence-electron chi connectivity index (χ4n) is 1.70. The number of rotatable bonds is 3. The van der Waals surface area contributed by atoms with Crippen molar-refractivity contribution in [3.63, 3.8) is 0 Å². The molecule has 1 aliphatic heterocycles. The lowest BCUT2D eigenvalue weighted by Gasteiger charge is -2.23. The largest absolute Gasteiger partial charge is 0.476 e. The molecule has 2 heterocycles. The summed E-state index contributed by atoms with van der Waals surface area (Å²) in [4.78, 5) is 10.6. The lowest BCUT2D eigenvalue weighted by atomic mass is 10.1. The highest BCUT2D eigenvalue weighted by molar-refractivity contribution is 5.85. The second-order valence-corrected chi connectivity index (χ2v) is 3.78. The number of carboxylic acids is 1. The first-order chi connectivity index (χ1) is 7.75. The molecule has 0 bridgehead atoms. The van der Waals surface area contributed by atoms with Crippen LogP contribution in [0.25, 0.3) is 0 Å². The van der Waals surface area contributed by atoms with Gasteiger partial charge in [0.05, 0.1) is 0 Å². The van der Waals surface area contributed by atoms with Crippen LogP contribution in [0.5, 0.6) is 0 Å². The van der Waals surface area contributed by atoms with Gasteiger partial charge in [-0.05, 0) is 38.1 Å². The lowest BCUT2D eigenvalue weighted by Crippen LogP contribution is -2.35. The molecule has 6 nitrogen and oxygen atoms in total. The van der Waals surface area contributed by atoms with E-state index >= 15 is 0 Å². The first-order valence-electron chi connectivity index (χ1n) is 5.30. The number of aromatic carboxylic acids is 1. The molecule has 0 aliphatic carbocycles. The van der Waals surface area contributed by atoms with E-state index in [0.29, 0.717) is 11.9 Å². The smallest absolute Gasteiger partial charge is 0.356 e. The van der Waals surface area contributed by atoms with Gasteiger partial charge in [-0.2, -0.15) is 0 Å². The highest BCUT2D eigenvalue weighted by Crippen LogP contribution is 2.10. The van der Waals surface area contributed by atoms with Crippen molar-refractivity contribution in [1.82, 2.24) is 15.5 Å². The molecule has 1 fully saturated rings. The van der Waals surface area contributed by atoms with Gasteiger partial charge in [-0.1, -0.05) is 0 Å². The molecule has 1 aromatic rings. The number of carboxylic acid groups (broad SMARTS) is 1. The molecule has 1 aliphatic rings. The maximum Gasteiger partial charge on any atom is 0.356 e. The van der Waals surface area contributed by atoms with Gasteiger partial charge in [0.1, 0.15) is 5.82 Å². The number of aromatic nitrogens is 2. The van der Waals surface area contributed by atoms with Crippen molar-refractivity contribution in [3.8, 4) is 0 Å². The molecular formula is C10H14N4O2.